The van der Waals surface area contributed by atoms with Crippen molar-refractivity contribution in [1.82, 2.24) is 0 Å². The number of rotatable bonds is 5. The Morgan fingerprint density at radius 1 is 1.22 bits per heavy atom. The van der Waals surface area contributed by atoms with Crippen molar-refractivity contribution in [2.45, 2.75) is 6.42 Å². The Labute approximate surface area is 135 Å². The predicted octanol–water partition coefficient (Wildman–Crippen LogP) is 2.71. The van der Waals surface area contributed by atoms with Gasteiger partial charge in [0.25, 0.3) is 5.91 Å². The molecular formula is C18H20N2O3. The average molecular weight is 312 g/mol. The second-order valence-corrected chi connectivity index (χ2v) is 5.50. The lowest BCUT2D eigenvalue weighted by molar-refractivity contribution is -0.118. The van der Waals surface area contributed by atoms with Crippen LogP contribution in [-0.2, 0) is 11.2 Å². The molecule has 0 aliphatic carbocycles. The van der Waals surface area contributed by atoms with Crippen molar-refractivity contribution in [3.8, 4) is 11.5 Å². The zero-order chi connectivity index (χ0) is 16.2. The maximum Gasteiger partial charge on any atom is 0.262 e. The summed E-state index contributed by atoms with van der Waals surface area (Å²) in [5.74, 6) is 0.967. The lowest BCUT2D eigenvalue weighted by atomic mass is 10.1. The molecule has 0 saturated carbocycles. The lowest BCUT2D eigenvalue weighted by Gasteiger charge is -2.14. The highest BCUT2D eigenvalue weighted by Crippen LogP contribution is 2.29. The van der Waals surface area contributed by atoms with E-state index in [9.17, 15) is 4.79 Å². The Morgan fingerprint density at radius 3 is 2.78 bits per heavy atom. The number of anilines is 2. The highest BCUT2D eigenvalue weighted by atomic mass is 16.5. The van der Waals surface area contributed by atoms with Gasteiger partial charge >= 0.3 is 0 Å². The average Bonchev–Trinajstić information content (AvgIpc) is 2.94. The van der Waals surface area contributed by atoms with Gasteiger partial charge in [-0.15, -0.1) is 0 Å². The van der Waals surface area contributed by atoms with Gasteiger partial charge in [0.2, 0.25) is 0 Å². The largest absolute Gasteiger partial charge is 0.493 e. The SMILES string of the molecule is COc1ccccc1OCC(=O)Nc1ccc2c(c1)N(C)CC2. The van der Waals surface area contributed by atoms with E-state index in [1.54, 1.807) is 19.2 Å². The van der Waals surface area contributed by atoms with Gasteiger partial charge in [0, 0.05) is 25.0 Å². The second-order valence-electron chi connectivity index (χ2n) is 5.50. The van der Waals surface area contributed by atoms with Crippen LogP contribution >= 0.6 is 0 Å². The van der Waals surface area contributed by atoms with Crippen LogP contribution in [0.25, 0.3) is 0 Å². The summed E-state index contributed by atoms with van der Waals surface area (Å²) in [7, 11) is 3.63. The van der Waals surface area contributed by atoms with Gasteiger partial charge in [0.1, 0.15) is 0 Å². The number of likely N-dealkylation sites (N-methyl/N-ethyl adjacent to an activating group) is 1. The molecule has 1 aliphatic rings. The molecule has 3 rings (SSSR count). The molecule has 5 nitrogen and oxygen atoms in total. The van der Waals surface area contributed by atoms with Crippen molar-refractivity contribution in [1.29, 1.82) is 0 Å². The second kappa shape index (κ2) is 6.60. The number of hydrogen-bond acceptors (Lipinski definition) is 4. The zero-order valence-corrected chi connectivity index (χ0v) is 13.3. The van der Waals surface area contributed by atoms with Crippen LogP contribution in [0, 0.1) is 0 Å². The number of hydrogen-bond donors (Lipinski definition) is 1. The minimum atomic E-state index is -0.198. The van der Waals surface area contributed by atoms with Gasteiger partial charge in [0.05, 0.1) is 7.11 Å². The zero-order valence-electron chi connectivity index (χ0n) is 13.3. The summed E-state index contributed by atoms with van der Waals surface area (Å²) in [5.41, 5.74) is 3.27. The van der Waals surface area contributed by atoms with E-state index < -0.39 is 0 Å². The van der Waals surface area contributed by atoms with Crippen molar-refractivity contribution in [2.24, 2.45) is 0 Å². The molecular weight excluding hydrogens is 292 g/mol. The molecule has 0 bridgehead atoms. The number of methoxy groups -OCH3 is 1. The highest BCUT2D eigenvalue weighted by molar-refractivity contribution is 5.92. The highest BCUT2D eigenvalue weighted by Gasteiger charge is 2.16. The van der Waals surface area contributed by atoms with Crippen LogP contribution in [0.1, 0.15) is 5.56 Å². The Balaban J connectivity index is 1.61. The third-order valence-corrected chi connectivity index (χ3v) is 3.92. The van der Waals surface area contributed by atoms with E-state index in [1.165, 1.54) is 11.3 Å². The van der Waals surface area contributed by atoms with Gasteiger partial charge in [-0.25, -0.2) is 0 Å². The van der Waals surface area contributed by atoms with Crippen LogP contribution in [0.15, 0.2) is 42.5 Å². The van der Waals surface area contributed by atoms with Crippen LogP contribution < -0.4 is 19.7 Å². The van der Waals surface area contributed by atoms with Crippen LogP contribution in [0.5, 0.6) is 11.5 Å². The van der Waals surface area contributed by atoms with Crippen LogP contribution in [0.2, 0.25) is 0 Å². The number of benzene rings is 2. The molecule has 0 unspecified atom stereocenters. The maximum atomic E-state index is 12.1. The lowest BCUT2D eigenvalue weighted by Crippen LogP contribution is -2.20. The number of ether oxygens (including phenoxy) is 2. The Bertz CT molecular complexity index is 715. The standard InChI is InChI=1S/C18H20N2O3/c1-20-10-9-13-7-8-14(11-15(13)20)19-18(21)12-23-17-6-4-3-5-16(17)22-2/h3-8,11H,9-10,12H2,1-2H3,(H,19,21). The number of carbonyl (C=O) groups excluding carboxylic acids is 1. The smallest absolute Gasteiger partial charge is 0.262 e. The van der Waals surface area contributed by atoms with Gasteiger partial charge in [-0.1, -0.05) is 18.2 Å². The van der Waals surface area contributed by atoms with Gasteiger partial charge in [-0.05, 0) is 36.2 Å². The van der Waals surface area contributed by atoms with Gasteiger partial charge < -0.3 is 19.7 Å². The van der Waals surface area contributed by atoms with E-state index in [0.29, 0.717) is 11.5 Å². The number of para-hydroxylation sites is 2. The summed E-state index contributed by atoms with van der Waals surface area (Å²) in [6.45, 7) is 0.955. The maximum absolute atomic E-state index is 12.1. The van der Waals surface area contributed by atoms with Crippen LogP contribution in [0.3, 0.4) is 0 Å². The van der Waals surface area contributed by atoms with E-state index in [1.807, 2.05) is 24.3 Å². The molecule has 120 valence electrons. The summed E-state index contributed by atoms with van der Waals surface area (Å²) >= 11 is 0. The quantitative estimate of drug-likeness (QED) is 0.922. The summed E-state index contributed by atoms with van der Waals surface area (Å²) in [5, 5.41) is 2.87. The third kappa shape index (κ3) is 3.39. The molecule has 0 aromatic heterocycles. The summed E-state index contributed by atoms with van der Waals surface area (Å²) in [6.07, 6.45) is 1.05. The van der Waals surface area contributed by atoms with Crippen LogP contribution in [-0.4, -0.2) is 33.2 Å². The minimum absolute atomic E-state index is 0.0622. The van der Waals surface area contributed by atoms with Gasteiger partial charge in [0.15, 0.2) is 18.1 Å². The molecule has 2 aromatic carbocycles. The van der Waals surface area contributed by atoms with Gasteiger partial charge in [-0.3, -0.25) is 4.79 Å². The molecule has 0 radical (unpaired) electrons. The van der Waals surface area contributed by atoms with Crippen molar-refractivity contribution < 1.29 is 14.3 Å². The first-order valence-electron chi connectivity index (χ1n) is 7.57. The molecule has 5 heteroatoms. The molecule has 1 heterocycles. The summed E-state index contributed by atoms with van der Waals surface area (Å²) in [4.78, 5) is 14.3. The van der Waals surface area contributed by atoms with E-state index in [0.717, 1.165) is 18.7 Å². The molecule has 2 aromatic rings. The van der Waals surface area contributed by atoms with Crippen molar-refractivity contribution in [3.63, 3.8) is 0 Å². The first kappa shape index (κ1) is 15.2. The third-order valence-electron chi connectivity index (χ3n) is 3.92. The number of amides is 1. The minimum Gasteiger partial charge on any atom is -0.493 e. The number of nitrogens with one attached hydrogen (secondary N) is 1. The molecule has 0 spiro atoms. The van der Waals surface area contributed by atoms with E-state index >= 15 is 0 Å². The number of carbonyl (C=O) groups is 1. The molecule has 1 amide bonds. The summed E-state index contributed by atoms with van der Waals surface area (Å²) < 4.78 is 10.7. The molecule has 0 fully saturated rings. The topological polar surface area (TPSA) is 50.8 Å². The molecule has 1 N–H and O–H groups in total. The molecule has 1 aliphatic heterocycles. The monoisotopic (exact) mass is 312 g/mol. The van der Waals surface area contributed by atoms with E-state index in [-0.39, 0.29) is 12.5 Å². The first-order valence-corrected chi connectivity index (χ1v) is 7.57. The fourth-order valence-corrected chi connectivity index (χ4v) is 2.70. The fraction of sp³-hybridized carbons (Fsp3) is 0.278. The Kier molecular flexibility index (Phi) is 4.37. The fourth-order valence-electron chi connectivity index (χ4n) is 2.70. The first-order chi connectivity index (χ1) is 11.2. The molecule has 0 atom stereocenters. The summed E-state index contributed by atoms with van der Waals surface area (Å²) in [6, 6.07) is 13.3. The van der Waals surface area contributed by atoms with E-state index in [2.05, 4.69) is 23.3 Å². The van der Waals surface area contributed by atoms with Gasteiger partial charge in [-0.2, -0.15) is 0 Å². The molecule has 23 heavy (non-hydrogen) atoms. The van der Waals surface area contributed by atoms with Crippen LogP contribution in [0.4, 0.5) is 11.4 Å². The van der Waals surface area contributed by atoms with Crippen molar-refractivity contribution in [2.75, 3.05) is 37.5 Å². The predicted molar refractivity (Wildman–Crippen MR) is 90.5 cm³/mol. The van der Waals surface area contributed by atoms with Crippen molar-refractivity contribution in [3.05, 3.63) is 48.0 Å². The number of fused-ring (bicyclic) bond motifs is 1. The Hall–Kier alpha value is -2.69. The van der Waals surface area contributed by atoms with Crippen molar-refractivity contribution >= 4 is 17.3 Å². The van der Waals surface area contributed by atoms with E-state index in [4.69, 9.17) is 9.47 Å². The number of nitrogens with zero attached hydrogens (tertiary/aromatic N) is 1. The Morgan fingerprint density at radius 2 is 2.00 bits per heavy atom. The molecule has 0 saturated heterocycles. The normalized spacial score (nSPS) is 12.7.